The number of rotatable bonds is 4. The van der Waals surface area contributed by atoms with Crippen LogP contribution in [0.4, 0.5) is 20.3 Å². The number of carbonyl (C=O) groups is 1. The molecule has 1 atom stereocenters. The van der Waals surface area contributed by atoms with Crippen LogP contribution >= 0.6 is 11.6 Å². The Morgan fingerprint density at radius 3 is 2.63 bits per heavy atom. The molecule has 30 heavy (non-hydrogen) atoms. The average molecular weight is 432 g/mol. The summed E-state index contributed by atoms with van der Waals surface area (Å²) in [5.74, 6) is 0.236. The first-order valence-corrected chi connectivity index (χ1v) is 9.84. The summed E-state index contributed by atoms with van der Waals surface area (Å²) >= 11 is 5.79. The van der Waals surface area contributed by atoms with Crippen molar-refractivity contribution in [1.29, 1.82) is 0 Å². The van der Waals surface area contributed by atoms with E-state index in [2.05, 4.69) is 5.32 Å². The first kappa shape index (κ1) is 20.3. The van der Waals surface area contributed by atoms with E-state index in [1.165, 1.54) is 24.3 Å². The Hall–Kier alpha value is -2.97. The van der Waals surface area contributed by atoms with Crippen molar-refractivity contribution < 1.29 is 13.6 Å². The number of imidazole rings is 1. The third kappa shape index (κ3) is 3.64. The van der Waals surface area contributed by atoms with Gasteiger partial charge in [-0.05, 0) is 49.4 Å². The number of nitrogens with zero attached hydrogens (tertiary/aromatic N) is 3. The topological polar surface area (TPSA) is 76.2 Å². The lowest BCUT2D eigenvalue weighted by Gasteiger charge is -2.34. The van der Waals surface area contributed by atoms with Gasteiger partial charge in [-0.1, -0.05) is 11.6 Å². The number of nitrogens with two attached hydrogens (primary N) is 1. The molecule has 9 heteroatoms. The van der Waals surface area contributed by atoms with Gasteiger partial charge in [-0.2, -0.15) is 0 Å². The molecular formula is C21H20ClF2N5O. The maximum Gasteiger partial charge on any atom is 0.236 e. The number of fused-ring (bicyclic) bond motifs is 1. The monoisotopic (exact) mass is 431 g/mol. The zero-order chi connectivity index (χ0) is 21.4. The second kappa shape index (κ2) is 8.04. The van der Waals surface area contributed by atoms with Gasteiger partial charge in [-0.15, -0.1) is 0 Å². The van der Waals surface area contributed by atoms with Gasteiger partial charge in [0.25, 0.3) is 0 Å². The number of hydrogen-bond acceptors (Lipinski definition) is 4. The molecule has 0 saturated heterocycles. The molecule has 0 bridgehead atoms. The minimum absolute atomic E-state index is 0.0270. The highest BCUT2D eigenvalue weighted by Gasteiger charge is 2.32. The van der Waals surface area contributed by atoms with Crippen molar-refractivity contribution in [1.82, 2.24) is 14.5 Å². The molecule has 1 amide bonds. The van der Waals surface area contributed by atoms with Crippen LogP contribution in [0.3, 0.4) is 0 Å². The Morgan fingerprint density at radius 1 is 1.23 bits per heavy atom. The number of aromatic nitrogens is 2. The predicted octanol–water partition coefficient (Wildman–Crippen LogP) is 4.09. The van der Waals surface area contributed by atoms with Gasteiger partial charge in [0.05, 0.1) is 17.6 Å². The second-order valence-electron chi connectivity index (χ2n) is 7.05. The first-order chi connectivity index (χ1) is 14.4. The van der Waals surface area contributed by atoms with E-state index in [4.69, 9.17) is 22.3 Å². The highest BCUT2D eigenvalue weighted by Crippen LogP contribution is 2.37. The Kier molecular flexibility index (Phi) is 5.44. The molecule has 2 aromatic carbocycles. The molecule has 0 unspecified atom stereocenters. The Bertz CT molecular complexity index is 1100. The fraction of sp³-hybridized carbons (Fsp3) is 0.238. The van der Waals surface area contributed by atoms with Gasteiger partial charge in [0.15, 0.2) is 0 Å². The molecule has 0 radical (unpaired) electrons. The molecule has 0 fully saturated rings. The fourth-order valence-electron chi connectivity index (χ4n) is 3.66. The van der Waals surface area contributed by atoms with Crippen LogP contribution in [0.2, 0.25) is 5.02 Å². The number of nitrogens with one attached hydrogen (secondary N) is 1. The zero-order valence-corrected chi connectivity index (χ0v) is 17.0. The van der Waals surface area contributed by atoms with Crippen LogP contribution in [-0.4, -0.2) is 33.4 Å². The van der Waals surface area contributed by atoms with Gasteiger partial charge < -0.3 is 20.5 Å². The van der Waals surface area contributed by atoms with Gasteiger partial charge in [0.1, 0.15) is 29.0 Å². The normalized spacial score (nSPS) is 15.8. The van der Waals surface area contributed by atoms with E-state index in [0.29, 0.717) is 41.7 Å². The number of benzene rings is 2. The van der Waals surface area contributed by atoms with Gasteiger partial charge >= 0.3 is 0 Å². The lowest BCUT2D eigenvalue weighted by atomic mass is 10.1. The predicted molar refractivity (Wildman–Crippen MR) is 111 cm³/mol. The third-order valence-corrected chi connectivity index (χ3v) is 5.50. The van der Waals surface area contributed by atoms with Gasteiger partial charge in [-0.3, -0.25) is 4.79 Å². The van der Waals surface area contributed by atoms with Crippen molar-refractivity contribution in [3.05, 3.63) is 64.9 Å². The lowest BCUT2D eigenvalue weighted by Crippen LogP contribution is -2.44. The quantitative estimate of drug-likeness (QED) is 0.652. The summed E-state index contributed by atoms with van der Waals surface area (Å²) in [6.45, 7) is 2.75. The maximum atomic E-state index is 14.0. The van der Waals surface area contributed by atoms with Crippen molar-refractivity contribution >= 4 is 29.0 Å². The molecule has 0 saturated carbocycles. The first-order valence-electron chi connectivity index (χ1n) is 9.47. The zero-order valence-electron chi connectivity index (χ0n) is 16.2. The van der Waals surface area contributed by atoms with Gasteiger partial charge in [0.2, 0.25) is 5.91 Å². The van der Waals surface area contributed by atoms with Crippen molar-refractivity contribution in [2.75, 3.05) is 18.4 Å². The molecule has 1 aliphatic heterocycles. The summed E-state index contributed by atoms with van der Waals surface area (Å²) in [5, 5.41) is 3.25. The molecule has 0 spiro atoms. The minimum atomic E-state index is -0.545. The second-order valence-corrected chi connectivity index (χ2v) is 7.45. The SMILES string of the molecule is C[C@@H]1c2nc(-c3ccc(F)cc3)c(Nc3ccc(Cl)c(F)c3)n2CCN1C(=O)CN. The smallest absolute Gasteiger partial charge is 0.236 e. The molecule has 0 aliphatic carbocycles. The molecule has 1 aliphatic rings. The van der Waals surface area contributed by atoms with Crippen LogP contribution in [0.5, 0.6) is 0 Å². The summed E-state index contributed by atoms with van der Waals surface area (Å²) in [6.07, 6.45) is 0. The molecule has 6 nitrogen and oxygen atoms in total. The van der Waals surface area contributed by atoms with Crippen LogP contribution < -0.4 is 11.1 Å². The van der Waals surface area contributed by atoms with E-state index < -0.39 is 5.82 Å². The summed E-state index contributed by atoms with van der Waals surface area (Å²) in [4.78, 5) is 18.6. The number of amides is 1. The number of anilines is 2. The van der Waals surface area contributed by atoms with Crippen molar-refractivity contribution in [3.63, 3.8) is 0 Å². The standard InChI is InChI=1S/C21H20ClF2N5O/c1-12-20-27-19(13-2-4-14(23)5-3-13)21(26-15-6-7-16(22)17(24)10-15)29(20)9-8-28(12)18(30)11-25/h2-7,10,12,26H,8-9,11,25H2,1H3/t12-/m1/s1. The largest absolute Gasteiger partial charge is 0.340 e. The molecular weight excluding hydrogens is 412 g/mol. The van der Waals surface area contributed by atoms with Crippen molar-refractivity contribution in [2.45, 2.75) is 19.5 Å². The van der Waals surface area contributed by atoms with E-state index in [0.717, 1.165) is 0 Å². The van der Waals surface area contributed by atoms with Crippen molar-refractivity contribution in [2.24, 2.45) is 5.73 Å². The van der Waals surface area contributed by atoms with Gasteiger partial charge in [0, 0.05) is 24.3 Å². The molecule has 3 aromatic rings. The summed E-state index contributed by atoms with van der Waals surface area (Å²) in [5.41, 5.74) is 7.31. The van der Waals surface area contributed by atoms with Crippen LogP contribution in [0.25, 0.3) is 11.3 Å². The van der Waals surface area contributed by atoms with Crippen LogP contribution in [0.15, 0.2) is 42.5 Å². The van der Waals surface area contributed by atoms with Gasteiger partial charge in [-0.25, -0.2) is 13.8 Å². The van der Waals surface area contributed by atoms with E-state index in [-0.39, 0.29) is 29.3 Å². The molecule has 156 valence electrons. The molecule has 4 rings (SSSR count). The van der Waals surface area contributed by atoms with Crippen LogP contribution in [-0.2, 0) is 11.3 Å². The highest BCUT2D eigenvalue weighted by molar-refractivity contribution is 6.30. The van der Waals surface area contributed by atoms with Crippen LogP contribution in [0.1, 0.15) is 18.8 Å². The summed E-state index contributed by atoms with van der Waals surface area (Å²) < 4.78 is 29.4. The number of hydrogen-bond donors (Lipinski definition) is 2. The number of halogens is 3. The molecule has 2 heterocycles. The molecule has 3 N–H and O–H groups in total. The summed E-state index contributed by atoms with van der Waals surface area (Å²) in [6, 6.07) is 10.1. The maximum absolute atomic E-state index is 14.0. The lowest BCUT2D eigenvalue weighted by molar-refractivity contribution is -0.132. The van der Waals surface area contributed by atoms with Crippen molar-refractivity contribution in [3.8, 4) is 11.3 Å². The Labute approximate surface area is 177 Å². The Morgan fingerprint density at radius 2 is 1.97 bits per heavy atom. The Balaban J connectivity index is 1.81. The highest BCUT2D eigenvalue weighted by atomic mass is 35.5. The minimum Gasteiger partial charge on any atom is -0.340 e. The molecule has 1 aromatic heterocycles. The number of carbonyl (C=O) groups excluding carboxylic acids is 1. The fourth-order valence-corrected chi connectivity index (χ4v) is 3.78. The van der Waals surface area contributed by atoms with E-state index in [9.17, 15) is 13.6 Å². The van der Waals surface area contributed by atoms with E-state index in [1.54, 1.807) is 23.1 Å². The van der Waals surface area contributed by atoms with E-state index in [1.807, 2.05) is 11.5 Å². The van der Waals surface area contributed by atoms with E-state index >= 15 is 0 Å². The average Bonchev–Trinajstić information content (AvgIpc) is 3.10. The van der Waals surface area contributed by atoms with Crippen LogP contribution in [0, 0.1) is 11.6 Å². The third-order valence-electron chi connectivity index (χ3n) is 5.20. The summed E-state index contributed by atoms with van der Waals surface area (Å²) in [7, 11) is 0.